The van der Waals surface area contributed by atoms with Gasteiger partial charge in [-0.2, -0.15) is 0 Å². The van der Waals surface area contributed by atoms with E-state index in [4.69, 9.17) is 4.74 Å². The van der Waals surface area contributed by atoms with Gasteiger partial charge in [0.1, 0.15) is 5.82 Å². The molecule has 1 aliphatic rings. The number of nitrogens with one attached hydrogen (secondary N) is 2. The summed E-state index contributed by atoms with van der Waals surface area (Å²) in [5.74, 6) is -0.751. The van der Waals surface area contributed by atoms with Crippen LogP contribution in [0.2, 0.25) is 0 Å². The number of ether oxygens (including phenoxy) is 1. The third kappa shape index (κ3) is 4.01. The van der Waals surface area contributed by atoms with E-state index in [0.29, 0.717) is 31.9 Å². The highest BCUT2D eigenvalue weighted by atomic mass is 32.1. The van der Waals surface area contributed by atoms with Gasteiger partial charge in [0.05, 0.1) is 22.9 Å². The normalized spacial score (nSPS) is 13.6. The van der Waals surface area contributed by atoms with Crippen LogP contribution in [0.25, 0.3) is 10.1 Å². The van der Waals surface area contributed by atoms with Crippen LogP contribution < -0.4 is 10.6 Å². The maximum Gasteiger partial charge on any atom is 0.321 e. The SMILES string of the molecule is COCc1c(C(=O)Nc2ccccc2NC(=O)N2CCCC2)sc2cccc(F)c12. The van der Waals surface area contributed by atoms with Crippen LogP contribution in [0.15, 0.2) is 42.5 Å². The van der Waals surface area contributed by atoms with E-state index in [1.165, 1.54) is 24.5 Å². The molecule has 0 saturated carbocycles. The van der Waals surface area contributed by atoms with Crippen molar-refractivity contribution in [3.05, 3.63) is 58.7 Å². The zero-order chi connectivity index (χ0) is 21.1. The van der Waals surface area contributed by atoms with Crippen LogP contribution in [0.3, 0.4) is 0 Å². The molecule has 0 unspecified atom stereocenters. The number of thiophene rings is 1. The van der Waals surface area contributed by atoms with Crippen molar-refractivity contribution in [3.63, 3.8) is 0 Å². The summed E-state index contributed by atoms with van der Waals surface area (Å²) >= 11 is 1.22. The third-order valence-electron chi connectivity index (χ3n) is 5.07. The van der Waals surface area contributed by atoms with Crippen molar-refractivity contribution in [1.29, 1.82) is 0 Å². The highest BCUT2D eigenvalue weighted by Gasteiger charge is 2.22. The molecule has 3 aromatic rings. The molecule has 2 N–H and O–H groups in total. The van der Waals surface area contributed by atoms with Gasteiger partial charge in [0, 0.05) is 35.8 Å². The number of amides is 3. The van der Waals surface area contributed by atoms with Gasteiger partial charge in [-0.3, -0.25) is 4.79 Å². The van der Waals surface area contributed by atoms with Gasteiger partial charge in [-0.05, 0) is 37.1 Å². The largest absolute Gasteiger partial charge is 0.380 e. The second-order valence-corrected chi connectivity index (χ2v) is 8.13. The maximum atomic E-state index is 14.4. The fourth-order valence-electron chi connectivity index (χ4n) is 3.63. The first-order valence-electron chi connectivity index (χ1n) is 9.73. The lowest BCUT2D eigenvalue weighted by molar-refractivity contribution is 0.102. The number of fused-ring (bicyclic) bond motifs is 1. The molecule has 1 fully saturated rings. The van der Waals surface area contributed by atoms with Gasteiger partial charge in [-0.25, -0.2) is 9.18 Å². The number of para-hydroxylation sites is 2. The quantitative estimate of drug-likeness (QED) is 0.597. The molecule has 0 radical (unpaired) electrons. The lowest BCUT2D eigenvalue weighted by Gasteiger charge is -2.18. The second-order valence-electron chi connectivity index (χ2n) is 7.08. The summed E-state index contributed by atoms with van der Waals surface area (Å²) < 4.78 is 20.3. The first-order valence-corrected chi connectivity index (χ1v) is 10.5. The van der Waals surface area contributed by atoms with Crippen molar-refractivity contribution in [2.24, 2.45) is 0 Å². The van der Waals surface area contributed by atoms with Crippen molar-refractivity contribution >= 4 is 44.7 Å². The number of hydrogen-bond acceptors (Lipinski definition) is 4. The fraction of sp³-hybridized carbons (Fsp3) is 0.273. The number of halogens is 1. The van der Waals surface area contributed by atoms with E-state index >= 15 is 0 Å². The number of benzene rings is 2. The molecule has 0 aliphatic carbocycles. The first kappa shape index (κ1) is 20.3. The predicted molar refractivity (Wildman–Crippen MR) is 117 cm³/mol. The number of anilines is 2. The molecule has 2 heterocycles. The van der Waals surface area contributed by atoms with Gasteiger partial charge in [0.15, 0.2) is 0 Å². The van der Waals surface area contributed by atoms with E-state index in [1.54, 1.807) is 41.3 Å². The van der Waals surface area contributed by atoms with E-state index < -0.39 is 0 Å². The Morgan fingerprint density at radius 2 is 1.77 bits per heavy atom. The Bertz CT molecular complexity index is 1090. The van der Waals surface area contributed by atoms with Gasteiger partial charge < -0.3 is 20.3 Å². The summed E-state index contributed by atoms with van der Waals surface area (Å²) in [5, 5.41) is 6.15. The Morgan fingerprint density at radius 3 is 2.47 bits per heavy atom. The summed E-state index contributed by atoms with van der Waals surface area (Å²) in [6.45, 7) is 1.58. The molecule has 1 aromatic heterocycles. The van der Waals surface area contributed by atoms with E-state index in [2.05, 4.69) is 10.6 Å². The van der Waals surface area contributed by atoms with Crippen molar-refractivity contribution < 1.29 is 18.7 Å². The van der Waals surface area contributed by atoms with Gasteiger partial charge in [0.25, 0.3) is 5.91 Å². The molecule has 0 atom stereocenters. The Balaban J connectivity index is 1.61. The molecule has 8 heteroatoms. The monoisotopic (exact) mass is 427 g/mol. The molecule has 30 heavy (non-hydrogen) atoms. The maximum absolute atomic E-state index is 14.4. The van der Waals surface area contributed by atoms with Gasteiger partial charge in [-0.1, -0.05) is 18.2 Å². The first-order chi connectivity index (χ1) is 14.6. The Hall–Kier alpha value is -2.97. The average Bonchev–Trinajstić information content (AvgIpc) is 3.39. The molecule has 156 valence electrons. The fourth-order valence-corrected chi connectivity index (χ4v) is 4.74. The lowest BCUT2D eigenvalue weighted by atomic mass is 10.1. The molecular weight excluding hydrogens is 405 g/mol. The minimum absolute atomic E-state index is 0.122. The Labute approximate surface area is 177 Å². The summed E-state index contributed by atoms with van der Waals surface area (Å²) in [4.78, 5) is 27.7. The Kier molecular flexibility index (Phi) is 5.96. The van der Waals surface area contributed by atoms with Crippen molar-refractivity contribution in [3.8, 4) is 0 Å². The van der Waals surface area contributed by atoms with Crippen LogP contribution in [0.5, 0.6) is 0 Å². The number of nitrogens with zero attached hydrogens (tertiary/aromatic N) is 1. The number of urea groups is 1. The lowest BCUT2D eigenvalue weighted by Crippen LogP contribution is -2.32. The van der Waals surface area contributed by atoms with Gasteiger partial charge in [0.2, 0.25) is 0 Å². The minimum Gasteiger partial charge on any atom is -0.380 e. The molecule has 3 amide bonds. The summed E-state index contributed by atoms with van der Waals surface area (Å²) in [6.07, 6.45) is 1.99. The standard InChI is InChI=1S/C22H22FN3O3S/c1-29-13-14-19-15(23)7-6-10-18(19)30-20(14)21(27)24-16-8-2-3-9-17(16)25-22(28)26-11-4-5-12-26/h2-3,6-10H,4-5,11-13H2,1H3,(H,24,27)(H,25,28). The van der Waals surface area contributed by atoms with E-state index in [9.17, 15) is 14.0 Å². The number of carbonyl (C=O) groups excluding carboxylic acids is 2. The van der Waals surface area contributed by atoms with Crippen molar-refractivity contribution in [2.75, 3.05) is 30.8 Å². The minimum atomic E-state index is -0.381. The van der Waals surface area contributed by atoms with Crippen LogP contribution in [0.1, 0.15) is 28.1 Å². The third-order valence-corrected chi connectivity index (χ3v) is 6.26. The zero-order valence-corrected chi connectivity index (χ0v) is 17.4. The Morgan fingerprint density at radius 1 is 1.07 bits per heavy atom. The molecule has 0 bridgehead atoms. The number of hydrogen-bond donors (Lipinski definition) is 2. The highest BCUT2D eigenvalue weighted by molar-refractivity contribution is 7.21. The second kappa shape index (κ2) is 8.81. The van der Waals surface area contributed by atoms with Crippen molar-refractivity contribution in [1.82, 2.24) is 4.90 Å². The molecule has 2 aromatic carbocycles. The number of methoxy groups -OCH3 is 1. The summed E-state index contributed by atoms with van der Waals surface area (Å²) in [5.41, 5.74) is 1.52. The van der Waals surface area contributed by atoms with Crippen molar-refractivity contribution in [2.45, 2.75) is 19.4 Å². The van der Waals surface area contributed by atoms with E-state index in [-0.39, 0.29) is 24.4 Å². The van der Waals surface area contributed by atoms with Gasteiger partial charge >= 0.3 is 6.03 Å². The van der Waals surface area contributed by atoms with Crippen LogP contribution in [-0.4, -0.2) is 37.0 Å². The number of rotatable bonds is 5. The molecular formula is C22H22FN3O3S. The number of carbonyl (C=O) groups is 2. The molecule has 0 spiro atoms. The van der Waals surface area contributed by atoms with Gasteiger partial charge in [-0.15, -0.1) is 11.3 Å². The van der Waals surface area contributed by atoms with Crippen LogP contribution >= 0.6 is 11.3 Å². The average molecular weight is 428 g/mol. The van der Waals surface area contributed by atoms with E-state index in [1.807, 2.05) is 0 Å². The summed E-state index contributed by atoms with van der Waals surface area (Å²) in [7, 11) is 1.51. The molecule has 1 aliphatic heterocycles. The molecule has 6 nitrogen and oxygen atoms in total. The smallest absolute Gasteiger partial charge is 0.321 e. The highest BCUT2D eigenvalue weighted by Crippen LogP contribution is 2.35. The van der Waals surface area contributed by atoms with Crippen LogP contribution in [0, 0.1) is 5.82 Å². The van der Waals surface area contributed by atoms with E-state index in [0.717, 1.165) is 25.9 Å². The molecule has 1 saturated heterocycles. The van der Waals surface area contributed by atoms with Crippen LogP contribution in [0.4, 0.5) is 20.6 Å². The summed E-state index contributed by atoms with van der Waals surface area (Å²) in [6, 6.07) is 11.6. The zero-order valence-electron chi connectivity index (χ0n) is 16.5. The topological polar surface area (TPSA) is 70.7 Å². The molecule has 4 rings (SSSR count). The predicted octanol–water partition coefficient (Wildman–Crippen LogP) is 5.07. The number of likely N-dealkylation sites (tertiary alicyclic amines) is 1. The van der Waals surface area contributed by atoms with Crippen LogP contribution in [-0.2, 0) is 11.3 Å².